The summed E-state index contributed by atoms with van der Waals surface area (Å²) in [5.74, 6) is 0.109. The molecule has 2 fully saturated rings. The van der Waals surface area contributed by atoms with Crippen LogP contribution in [0.25, 0.3) is 0 Å². The fraction of sp³-hybridized carbons (Fsp3) is 0.640. The Kier molecular flexibility index (Phi) is 5.60. The molecule has 1 saturated carbocycles. The van der Waals surface area contributed by atoms with E-state index in [4.69, 9.17) is 4.74 Å². The van der Waals surface area contributed by atoms with Gasteiger partial charge in [-0.1, -0.05) is 48.4 Å². The van der Waals surface area contributed by atoms with Crippen molar-refractivity contribution in [1.29, 1.82) is 0 Å². The number of hydrogen-bond donors (Lipinski definition) is 1. The number of hydrogen-bond acceptors (Lipinski definition) is 4. The summed E-state index contributed by atoms with van der Waals surface area (Å²) in [5, 5.41) is 10.8. The molecule has 1 aromatic carbocycles. The average Bonchev–Trinajstić information content (AvgIpc) is 2.99. The summed E-state index contributed by atoms with van der Waals surface area (Å²) in [6, 6.07) is 9.68. The molecule has 4 nitrogen and oxygen atoms in total. The topological polar surface area (TPSA) is 49.8 Å². The smallest absolute Gasteiger partial charge is 0.310 e. The van der Waals surface area contributed by atoms with Crippen LogP contribution in [0.5, 0.6) is 0 Å². The van der Waals surface area contributed by atoms with Gasteiger partial charge in [0.15, 0.2) is 0 Å². The third-order valence-electron chi connectivity index (χ3n) is 7.96. The van der Waals surface area contributed by atoms with E-state index in [1.165, 1.54) is 24.8 Å². The Labute approximate surface area is 174 Å². The fourth-order valence-corrected chi connectivity index (χ4v) is 5.97. The van der Waals surface area contributed by atoms with Crippen molar-refractivity contribution in [2.45, 2.75) is 71.1 Å². The number of aliphatic hydroxyl groups is 1. The van der Waals surface area contributed by atoms with Crippen LogP contribution in [0.2, 0.25) is 0 Å². The molecule has 158 valence electrons. The van der Waals surface area contributed by atoms with Crippen LogP contribution >= 0.6 is 0 Å². The van der Waals surface area contributed by atoms with Crippen molar-refractivity contribution in [3.63, 3.8) is 0 Å². The van der Waals surface area contributed by atoms with Gasteiger partial charge in [-0.05, 0) is 64.0 Å². The highest BCUT2D eigenvalue weighted by Gasteiger charge is 2.53. The Morgan fingerprint density at radius 1 is 1.31 bits per heavy atom. The lowest BCUT2D eigenvalue weighted by Gasteiger charge is -2.46. The maximum atomic E-state index is 12.8. The van der Waals surface area contributed by atoms with Crippen molar-refractivity contribution in [1.82, 2.24) is 4.90 Å². The van der Waals surface area contributed by atoms with E-state index in [9.17, 15) is 9.90 Å². The molecule has 0 spiro atoms. The van der Waals surface area contributed by atoms with Gasteiger partial charge in [0.05, 0.1) is 12.0 Å². The van der Waals surface area contributed by atoms with Crippen LogP contribution in [-0.4, -0.2) is 41.7 Å². The number of carbonyl (C=O) groups is 1. The SMILES string of the molecule is CC1=C2C[C@@H]3C(CN(C)[C@@H](C)[C@@H](O)c4ccccc4)C(=O)O[C@@H]3C[C@@]2(C)CCC1. The normalized spacial score (nSPS) is 33.9. The standard InChI is InChI=1S/C25H35NO3/c1-16-9-8-12-25(3)14-22-19(13-21(16)25)20(24(28)29-22)15-26(4)17(2)23(27)18-10-6-5-7-11-18/h5-7,10-11,17,19-20,22-23,27H,8-9,12-15H2,1-4H3/t17-,19+,20?,22+,23+,25+/m0/s1. The molecule has 6 atom stereocenters. The van der Waals surface area contributed by atoms with Gasteiger partial charge in [0.2, 0.25) is 0 Å². The summed E-state index contributed by atoms with van der Waals surface area (Å²) in [5.41, 5.74) is 4.25. The first-order valence-electron chi connectivity index (χ1n) is 11.1. The van der Waals surface area contributed by atoms with Crippen LogP contribution in [0.15, 0.2) is 41.5 Å². The van der Waals surface area contributed by atoms with Crippen LogP contribution in [0.4, 0.5) is 0 Å². The Balaban J connectivity index is 1.48. The van der Waals surface area contributed by atoms with Gasteiger partial charge in [-0.15, -0.1) is 0 Å². The highest BCUT2D eigenvalue weighted by Crippen LogP contribution is 2.55. The van der Waals surface area contributed by atoms with E-state index in [0.29, 0.717) is 6.54 Å². The zero-order valence-corrected chi connectivity index (χ0v) is 18.2. The third-order valence-corrected chi connectivity index (χ3v) is 7.96. The number of fused-ring (bicyclic) bond motifs is 2. The van der Waals surface area contributed by atoms with Crippen LogP contribution < -0.4 is 0 Å². The lowest BCUT2D eigenvalue weighted by atomic mass is 9.59. The summed E-state index contributed by atoms with van der Waals surface area (Å²) < 4.78 is 5.90. The lowest BCUT2D eigenvalue weighted by Crippen LogP contribution is -2.43. The second kappa shape index (κ2) is 7.88. The Morgan fingerprint density at radius 3 is 2.76 bits per heavy atom. The van der Waals surface area contributed by atoms with Gasteiger partial charge in [0.1, 0.15) is 6.10 Å². The molecule has 1 unspecified atom stereocenters. The number of ether oxygens (including phenoxy) is 1. The highest BCUT2D eigenvalue weighted by molar-refractivity contribution is 5.76. The molecule has 3 aliphatic rings. The molecule has 0 amide bonds. The molecule has 1 aromatic rings. The van der Waals surface area contributed by atoms with Crippen LogP contribution in [0, 0.1) is 17.3 Å². The zero-order chi connectivity index (χ0) is 20.8. The van der Waals surface area contributed by atoms with Crippen molar-refractivity contribution in [2.24, 2.45) is 17.3 Å². The van der Waals surface area contributed by atoms with Crippen LogP contribution in [0.1, 0.15) is 64.5 Å². The number of nitrogens with zero attached hydrogens (tertiary/aromatic N) is 1. The molecule has 2 aliphatic carbocycles. The summed E-state index contributed by atoms with van der Waals surface area (Å²) in [6.07, 6.45) is 5.10. The molecule has 4 heteroatoms. The first-order valence-corrected chi connectivity index (χ1v) is 11.1. The largest absolute Gasteiger partial charge is 0.462 e. The molecule has 1 N–H and O–H groups in total. The first kappa shape index (κ1) is 20.6. The maximum Gasteiger partial charge on any atom is 0.310 e. The number of aliphatic hydroxyl groups excluding tert-OH is 1. The van der Waals surface area contributed by atoms with Gasteiger partial charge in [-0.2, -0.15) is 0 Å². The molecule has 1 aliphatic heterocycles. The second-order valence-electron chi connectivity index (χ2n) is 9.86. The summed E-state index contributed by atoms with van der Waals surface area (Å²) in [7, 11) is 2.01. The number of allylic oxidation sites excluding steroid dienone is 2. The van der Waals surface area contributed by atoms with E-state index in [-0.39, 0.29) is 35.4 Å². The molecule has 0 radical (unpaired) electrons. The van der Waals surface area contributed by atoms with Crippen molar-refractivity contribution in [2.75, 3.05) is 13.6 Å². The van der Waals surface area contributed by atoms with Gasteiger partial charge < -0.3 is 9.84 Å². The van der Waals surface area contributed by atoms with E-state index in [2.05, 4.69) is 18.7 Å². The van der Waals surface area contributed by atoms with Gasteiger partial charge in [-0.25, -0.2) is 0 Å². The van der Waals surface area contributed by atoms with Gasteiger partial charge in [-0.3, -0.25) is 9.69 Å². The predicted molar refractivity (Wildman–Crippen MR) is 114 cm³/mol. The van der Waals surface area contributed by atoms with Gasteiger partial charge in [0.25, 0.3) is 0 Å². The minimum atomic E-state index is -0.577. The van der Waals surface area contributed by atoms with E-state index in [1.807, 2.05) is 44.3 Å². The predicted octanol–water partition coefficient (Wildman–Crippen LogP) is 4.50. The number of rotatable bonds is 5. The third kappa shape index (κ3) is 3.77. The van der Waals surface area contributed by atoms with Gasteiger partial charge in [0, 0.05) is 18.5 Å². The molecular formula is C25H35NO3. The summed E-state index contributed by atoms with van der Waals surface area (Å²) in [4.78, 5) is 14.9. The van der Waals surface area contributed by atoms with Crippen LogP contribution in [0.3, 0.4) is 0 Å². The molecule has 0 aromatic heterocycles. The maximum absolute atomic E-state index is 12.8. The van der Waals surface area contributed by atoms with E-state index >= 15 is 0 Å². The number of esters is 1. The second-order valence-corrected chi connectivity index (χ2v) is 9.86. The van der Waals surface area contributed by atoms with E-state index in [0.717, 1.165) is 18.4 Å². The van der Waals surface area contributed by atoms with Crippen molar-refractivity contribution < 1.29 is 14.6 Å². The van der Waals surface area contributed by atoms with E-state index in [1.54, 1.807) is 5.57 Å². The molecule has 29 heavy (non-hydrogen) atoms. The molecule has 0 bridgehead atoms. The summed E-state index contributed by atoms with van der Waals surface area (Å²) >= 11 is 0. The minimum absolute atomic E-state index is 0.0475. The number of benzene rings is 1. The van der Waals surface area contributed by atoms with E-state index < -0.39 is 6.10 Å². The van der Waals surface area contributed by atoms with Crippen molar-refractivity contribution in [3.8, 4) is 0 Å². The number of likely N-dealkylation sites (N-methyl/N-ethyl adjacent to an activating group) is 1. The number of carbonyl (C=O) groups excluding carboxylic acids is 1. The van der Waals surface area contributed by atoms with Gasteiger partial charge >= 0.3 is 5.97 Å². The Bertz CT molecular complexity index is 789. The quantitative estimate of drug-likeness (QED) is 0.587. The monoisotopic (exact) mass is 397 g/mol. The first-order chi connectivity index (χ1) is 13.8. The van der Waals surface area contributed by atoms with Crippen molar-refractivity contribution >= 4 is 5.97 Å². The summed E-state index contributed by atoms with van der Waals surface area (Å²) in [6.45, 7) is 7.31. The molecule has 1 saturated heterocycles. The average molecular weight is 398 g/mol. The molecule has 4 rings (SSSR count). The minimum Gasteiger partial charge on any atom is -0.462 e. The van der Waals surface area contributed by atoms with Crippen molar-refractivity contribution in [3.05, 3.63) is 47.0 Å². The molecule has 1 heterocycles. The highest BCUT2D eigenvalue weighted by atomic mass is 16.6. The lowest BCUT2D eigenvalue weighted by molar-refractivity contribution is -0.145. The van der Waals surface area contributed by atoms with Crippen LogP contribution in [-0.2, 0) is 9.53 Å². The zero-order valence-electron chi connectivity index (χ0n) is 18.2. The fourth-order valence-electron chi connectivity index (χ4n) is 5.97. The molecular weight excluding hydrogens is 362 g/mol. The Morgan fingerprint density at radius 2 is 2.03 bits per heavy atom. The Hall–Kier alpha value is -1.65.